The fourth-order valence-corrected chi connectivity index (χ4v) is 3.40. The van der Waals surface area contributed by atoms with Crippen molar-refractivity contribution in [3.8, 4) is 11.4 Å². The molecule has 1 unspecified atom stereocenters. The van der Waals surface area contributed by atoms with E-state index in [4.69, 9.17) is 5.73 Å². The molecule has 29 heavy (non-hydrogen) atoms. The first kappa shape index (κ1) is 20.6. The molecule has 3 aromatic rings. The Kier molecular flexibility index (Phi) is 5.01. The molecule has 8 nitrogen and oxygen atoms in total. The highest BCUT2D eigenvalue weighted by Gasteiger charge is 2.51. The van der Waals surface area contributed by atoms with Crippen molar-refractivity contribution < 1.29 is 26.7 Å². The minimum absolute atomic E-state index is 0.0583. The molecule has 2 aromatic heterocycles. The van der Waals surface area contributed by atoms with Gasteiger partial charge in [0, 0.05) is 23.5 Å². The maximum atomic E-state index is 12.9. The molecule has 0 bridgehead atoms. The summed E-state index contributed by atoms with van der Waals surface area (Å²) < 4.78 is 63.7. The number of nitrogen functional groups attached to an aromatic ring is 1. The molecule has 0 amide bonds. The van der Waals surface area contributed by atoms with Crippen LogP contribution < -0.4 is 5.73 Å². The third-order valence-electron chi connectivity index (χ3n) is 4.12. The summed E-state index contributed by atoms with van der Waals surface area (Å²) in [5.74, 6) is 0.132. The third kappa shape index (κ3) is 3.89. The summed E-state index contributed by atoms with van der Waals surface area (Å²) in [7, 11) is -3.93. The van der Waals surface area contributed by atoms with Crippen LogP contribution in [0.2, 0.25) is 0 Å². The monoisotopic (exact) mass is 425 g/mol. The molecule has 1 atom stereocenters. The van der Waals surface area contributed by atoms with Crippen molar-refractivity contribution in [2.24, 2.45) is 0 Å². The number of alkyl halides is 3. The van der Waals surface area contributed by atoms with Crippen molar-refractivity contribution in [2.45, 2.75) is 28.6 Å². The number of hydrogen-bond acceptors (Lipinski definition) is 8. The van der Waals surface area contributed by atoms with Gasteiger partial charge in [-0.2, -0.15) is 13.2 Å². The van der Waals surface area contributed by atoms with Crippen molar-refractivity contribution in [3.05, 3.63) is 54.4 Å². The summed E-state index contributed by atoms with van der Waals surface area (Å²) >= 11 is 0. The van der Waals surface area contributed by atoms with Crippen molar-refractivity contribution in [1.29, 1.82) is 0 Å². The fraction of sp³-hybridized carbons (Fsp3) is 0.176. The van der Waals surface area contributed by atoms with Gasteiger partial charge in [-0.1, -0.05) is 0 Å². The largest absolute Gasteiger partial charge is 0.421 e. The smallest absolute Gasteiger partial charge is 0.382 e. The van der Waals surface area contributed by atoms with Crippen LogP contribution in [-0.4, -0.2) is 39.9 Å². The molecule has 0 fully saturated rings. The second-order valence-electron chi connectivity index (χ2n) is 6.19. The van der Waals surface area contributed by atoms with Gasteiger partial charge in [0.25, 0.3) is 0 Å². The molecule has 3 N–H and O–H groups in total. The second kappa shape index (κ2) is 7.04. The van der Waals surface area contributed by atoms with Gasteiger partial charge in [0.2, 0.25) is 9.84 Å². The lowest BCUT2D eigenvalue weighted by molar-refractivity contribution is -0.259. The molecule has 3 rings (SSSR count). The first-order valence-corrected chi connectivity index (χ1v) is 9.47. The van der Waals surface area contributed by atoms with Crippen LogP contribution >= 0.6 is 0 Å². The topological polar surface area (TPSA) is 132 Å². The van der Waals surface area contributed by atoms with Gasteiger partial charge in [0.15, 0.2) is 16.5 Å². The van der Waals surface area contributed by atoms with Crippen molar-refractivity contribution >= 4 is 15.7 Å². The molecule has 0 aliphatic heterocycles. The van der Waals surface area contributed by atoms with Crippen LogP contribution in [0.3, 0.4) is 0 Å². The van der Waals surface area contributed by atoms with E-state index in [0.717, 1.165) is 12.4 Å². The Balaban J connectivity index is 1.88. The van der Waals surface area contributed by atoms with Crippen molar-refractivity contribution in [2.75, 3.05) is 5.73 Å². The van der Waals surface area contributed by atoms with Gasteiger partial charge >= 0.3 is 6.18 Å². The van der Waals surface area contributed by atoms with E-state index in [-0.39, 0.29) is 21.6 Å². The zero-order chi connectivity index (χ0) is 21.4. The number of rotatable bonds is 4. The Morgan fingerprint density at radius 1 is 0.966 bits per heavy atom. The molecule has 0 aliphatic rings. The van der Waals surface area contributed by atoms with Gasteiger partial charge < -0.3 is 10.8 Å². The molecule has 0 spiro atoms. The van der Waals surface area contributed by atoms with Gasteiger partial charge in [0.05, 0.1) is 4.90 Å². The van der Waals surface area contributed by atoms with Crippen molar-refractivity contribution in [1.82, 2.24) is 20.2 Å². The first-order valence-electron chi connectivity index (χ1n) is 7.99. The highest BCUT2D eigenvalue weighted by molar-refractivity contribution is 7.91. The average molecular weight is 425 g/mol. The standard InChI is InChI=1S/C17H14F3N5O3S/c1-16(26,17(18,19)20)11-8-22-15(23-9-11)10-2-4-12(5-3-10)29(27,28)14-7-6-13(21)24-25-14/h2-9,26H,1H3,(H2,21,24). The number of anilines is 1. The molecular formula is C17H14F3N5O3S. The second-order valence-corrected chi connectivity index (χ2v) is 8.09. The predicted octanol–water partition coefficient (Wildman–Crippen LogP) is 2.12. The summed E-state index contributed by atoms with van der Waals surface area (Å²) in [6.45, 7) is 0.602. The minimum Gasteiger partial charge on any atom is -0.382 e. The third-order valence-corrected chi connectivity index (χ3v) is 5.79. The lowest BCUT2D eigenvalue weighted by atomic mass is 9.98. The molecule has 2 heterocycles. The molecule has 12 heteroatoms. The summed E-state index contributed by atoms with van der Waals surface area (Å²) in [5, 5.41) is 16.4. The molecule has 0 saturated carbocycles. The van der Waals surface area contributed by atoms with Gasteiger partial charge in [-0.3, -0.25) is 0 Å². The Bertz CT molecular complexity index is 1110. The lowest BCUT2D eigenvalue weighted by Gasteiger charge is -2.25. The summed E-state index contributed by atoms with van der Waals surface area (Å²) in [6.07, 6.45) is -3.16. The highest BCUT2D eigenvalue weighted by Crippen LogP contribution is 2.38. The zero-order valence-electron chi connectivity index (χ0n) is 14.8. The van der Waals surface area contributed by atoms with Crippen molar-refractivity contribution in [3.63, 3.8) is 0 Å². The van der Waals surface area contributed by atoms with Crippen LogP contribution in [-0.2, 0) is 15.4 Å². The Morgan fingerprint density at radius 2 is 1.55 bits per heavy atom. The quantitative estimate of drug-likeness (QED) is 0.650. The van der Waals surface area contributed by atoms with Gasteiger partial charge in [-0.05, 0) is 43.3 Å². The van der Waals surface area contributed by atoms with Crippen LogP contribution in [0.1, 0.15) is 12.5 Å². The van der Waals surface area contributed by atoms with E-state index in [1.165, 1.54) is 36.4 Å². The number of hydrogen-bond donors (Lipinski definition) is 2. The van der Waals surface area contributed by atoms with Gasteiger partial charge in [-0.25, -0.2) is 18.4 Å². The number of aromatic nitrogens is 4. The average Bonchev–Trinajstić information content (AvgIpc) is 2.68. The molecule has 0 saturated heterocycles. The molecular weight excluding hydrogens is 411 g/mol. The maximum Gasteiger partial charge on any atom is 0.421 e. The Morgan fingerprint density at radius 3 is 2.03 bits per heavy atom. The molecule has 0 aliphatic carbocycles. The zero-order valence-corrected chi connectivity index (χ0v) is 15.6. The number of nitrogens with zero attached hydrogens (tertiary/aromatic N) is 4. The normalized spacial score (nSPS) is 14.4. The van der Waals surface area contributed by atoms with Gasteiger partial charge in [-0.15, -0.1) is 10.2 Å². The summed E-state index contributed by atoms with van der Waals surface area (Å²) in [6, 6.07) is 7.89. The Hall–Kier alpha value is -3.12. The predicted molar refractivity (Wildman–Crippen MR) is 95.0 cm³/mol. The van der Waals surface area contributed by atoms with Crippen LogP contribution in [0, 0.1) is 0 Å². The molecule has 1 aromatic carbocycles. The number of benzene rings is 1. The fourth-order valence-electron chi connectivity index (χ4n) is 2.27. The minimum atomic E-state index is -4.89. The van der Waals surface area contributed by atoms with E-state index in [1.807, 2.05) is 0 Å². The van der Waals surface area contributed by atoms with E-state index in [0.29, 0.717) is 12.5 Å². The number of nitrogens with two attached hydrogens (primary N) is 1. The number of sulfone groups is 1. The van der Waals surface area contributed by atoms with E-state index in [2.05, 4.69) is 20.2 Å². The SMILES string of the molecule is CC(O)(c1cnc(-c2ccc(S(=O)(=O)c3ccc(N)nn3)cc2)nc1)C(F)(F)F. The van der Waals surface area contributed by atoms with Gasteiger partial charge in [0.1, 0.15) is 5.82 Å². The highest BCUT2D eigenvalue weighted by atomic mass is 32.2. The summed E-state index contributed by atoms with van der Waals surface area (Å²) in [4.78, 5) is 7.59. The van der Waals surface area contributed by atoms with Crippen LogP contribution in [0.5, 0.6) is 0 Å². The van der Waals surface area contributed by atoms with E-state index >= 15 is 0 Å². The summed E-state index contributed by atoms with van der Waals surface area (Å²) in [5.41, 5.74) is 2.15. The van der Waals surface area contributed by atoms with Crippen LogP contribution in [0.25, 0.3) is 11.4 Å². The lowest BCUT2D eigenvalue weighted by Crippen LogP contribution is -2.39. The number of halogens is 3. The van der Waals surface area contributed by atoms with Crippen LogP contribution in [0.15, 0.2) is 58.7 Å². The maximum absolute atomic E-state index is 12.9. The number of aliphatic hydroxyl groups is 1. The van der Waals surface area contributed by atoms with E-state index < -0.39 is 27.2 Å². The molecule has 0 radical (unpaired) electrons. The van der Waals surface area contributed by atoms with E-state index in [9.17, 15) is 26.7 Å². The Labute approximate surface area is 163 Å². The van der Waals surface area contributed by atoms with Crippen LogP contribution in [0.4, 0.5) is 19.0 Å². The van der Waals surface area contributed by atoms with E-state index in [1.54, 1.807) is 0 Å². The molecule has 152 valence electrons. The first-order chi connectivity index (χ1) is 13.4.